The number of aliphatic hydroxyl groups excluding tert-OH is 2. The van der Waals surface area contributed by atoms with Crippen LogP contribution in [0.25, 0.3) is 0 Å². The summed E-state index contributed by atoms with van der Waals surface area (Å²) in [5.74, 6) is 9.59. The molecule has 4 aromatic rings. The second-order valence-corrected chi connectivity index (χ2v) is 10.5. The predicted molar refractivity (Wildman–Crippen MR) is 185 cm³/mol. The quantitative estimate of drug-likeness (QED) is 0.132. The number of nitrogens with two attached hydrogens (primary N) is 1. The third-order valence-corrected chi connectivity index (χ3v) is 6.73. The Morgan fingerprint density at radius 2 is 1.15 bits per heavy atom. The molecule has 0 aliphatic heterocycles. The van der Waals surface area contributed by atoms with Crippen molar-refractivity contribution < 1.29 is 35.3 Å². The van der Waals surface area contributed by atoms with E-state index in [1.807, 2.05) is 135 Å². The summed E-state index contributed by atoms with van der Waals surface area (Å²) in [5, 5.41) is 42.9. The molecule has 0 spiro atoms. The molecule has 0 aromatic heterocycles. The van der Waals surface area contributed by atoms with Gasteiger partial charge in [-0.15, -0.1) is 0 Å². The predicted octanol–water partition coefficient (Wildman–Crippen LogP) is 2.85. The molecule has 6 N–H and O–H groups in total. The van der Waals surface area contributed by atoms with Gasteiger partial charge in [0.15, 0.2) is 0 Å². The van der Waals surface area contributed by atoms with Gasteiger partial charge in [-0.05, 0) is 61.2 Å². The van der Waals surface area contributed by atoms with Crippen molar-refractivity contribution >= 4 is 11.9 Å². The molecule has 8 nitrogen and oxygen atoms in total. The first-order valence-corrected chi connectivity index (χ1v) is 15.4. The molecule has 0 heterocycles. The fourth-order valence-corrected chi connectivity index (χ4v) is 4.07. The second-order valence-electron chi connectivity index (χ2n) is 10.5. The molecule has 0 aliphatic carbocycles. The summed E-state index contributed by atoms with van der Waals surface area (Å²) in [6.07, 6.45) is -0.0399. The first-order valence-electron chi connectivity index (χ1n) is 15.4. The Hall–Kier alpha value is -5.48. The Morgan fingerprint density at radius 3 is 1.58 bits per heavy atom. The van der Waals surface area contributed by atoms with E-state index in [2.05, 4.69) is 34.3 Å². The number of quaternary nitrogens is 1. The van der Waals surface area contributed by atoms with E-state index in [4.69, 9.17) is 5.11 Å². The van der Waals surface area contributed by atoms with Crippen molar-refractivity contribution in [2.24, 2.45) is 0 Å². The van der Waals surface area contributed by atoms with Crippen molar-refractivity contribution in [3.05, 3.63) is 156 Å². The molecule has 0 aliphatic rings. The van der Waals surface area contributed by atoms with Crippen LogP contribution in [0.4, 0.5) is 0 Å². The number of carbonyl (C=O) groups excluding carboxylic acids is 1. The fraction of sp³-hybridized carbons (Fsp3) is 0.200. The first kappa shape index (κ1) is 38.7. The van der Waals surface area contributed by atoms with Crippen molar-refractivity contribution in [2.45, 2.75) is 38.1 Å². The SMILES string of the molecule is CC(NCC#Cc1ccccc1)C(O)c1ccccc1.CC([NH2+]CC#Cc1ccccc1)C(O)c1ccccc1.O=C([O-])/C=C/C(=O)O. The van der Waals surface area contributed by atoms with Gasteiger partial charge < -0.3 is 35.9 Å². The van der Waals surface area contributed by atoms with Gasteiger partial charge in [-0.3, -0.25) is 0 Å². The van der Waals surface area contributed by atoms with Crippen LogP contribution in [-0.2, 0) is 9.59 Å². The zero-order valence-electron chi connectivity index (χ0n) is 27.1. The highest BCUT2D eigenvalue weighted by molar-refractivity contribution is 5.88. The zero-order chi connectivity index (χ0) is 35.0. The molecule has 0 saturated carbocycles. The number of carboxylic acids is 2. The minimum atomic E-state index is -1.51. The van der Waals surface area contributed by atoms with Crippen molar-refractivity contribution in [2.75, 3.05) is 13.1 Å². The van der Waals surface area contributed by atoms with Gasteiger partial charge >= 0.3 is 5.97 Å². The number of carbonyl (C=O) groups is 2. The lowest BCUT2D eigenvalue weighted by molar-refractivity contribution is -0.684. The van der Waals surface area contributed by atoms with E-state index in [9.17, 15) is 24.9 Å². The van der Waals surface area contributed by atoms with Crippen LogP contribution >= 0.6 is 0 Å². The van der Waals surface area contributed by atoms with Crippen LogP contribution in [0.1, 0.15) is 48.3 Å². The third-order valence-electron chi connectivity index (χ3n) is 6.73. The van der Waals surface area contributed by atoms with E-state index in [1.54, 1.807) is 0 Å². The number of hydrogen-bond acceptors (Lipinski definition) is 6. The summed E-state index contributed by atoms with van der Waals surface area (Å²) in [6.45, 7) is 5.21. The highest BCUT2D eigenvalue weighted by Gasteiger charge is 2.18. The van der Waals surface area contributed by atoms with Crippen molar-refractivity contribution in [3.63, 3.8) is 0 Å². The van der Waals surface area contributed by atoms with Gasteiger partial charge in [-0.1, -0.05) is 115 Å². The van der Waals surface area contributed by atoms with Crippen LogP contribution in [0.3, 0.4) is 0 Å². The standard InChI is InChI=1S/2C18H19NO.C4H4O4/c2*1-15(18(20)17-12-6-3-7-13-17)19-14-8-11-16-9-4-2-5-10-16;5-3(6)1-2-4(7)8/h2*2-7,9-10,12-13,15,18-20H,14H2,1H3;1-2H,(H,5,6)(H,7,8)/b;;2-1+. The van der Waals surface area contributed by atoms with Crippen molar-refractivity contribution in [3.8, 4) is 23.7 Å². The number of hydrogen-bond donors (Lipinski definition) is 5. The Balaban J connectivity index is 0.000000274. The van der Waals surface area contributed by atoms with Crippen LogP contribution in [0.5, 0.6) is 0 Å². The lowest BCUT2D eigenvalue weighted by Gasteiger charge is -2.19. The van der Waals surface area contributed by atoms with Crippen molar-refractivity contribution in [1.29, 1.82) is 0 Å². The number of nitrogens with one attached hydrogen (secondary N) is 1. The van der Waals surface area contributed by atoms with E-state index in [-0.39, 0.29) is 12.1 Å². The topological polar surface area (TPSA) is 147 Å². The smallest absolute Gasteiger partial charge is 0.328 e. The third kappa shape index (κ3) is 16.7. The normalized spacial score (nSPS) is 12.5. The number of benzene rings is 4. The Kier molecular flexibility index (Phi) is 18.5. The Labute approximate surface area is 282 Å². The number of aliphatic carboxylic acids is 2. The molecule has 248 valence electrons. The lowest BCUT2D eigenvalue weighted by Crippen LogP contribution is -2.90. The van der Waals surface area contributed by atoms with Gasteiger partial charge in [-0.2, -0.15) is 0 Å². The minimum Gasteiger partial charge on any atom is -0.545 e. The van der Waals surface area contributed by atoms with Crippen LogP contribution in [-0.4, -0.2) is 52.4 Å². The molecule has 4 aromatic carbocycles. The van der Waals surface area contributed by atoms with Crippen LogP contribution in [0.15, 0.2) is 133 Å². The van der Waals surface area contributed by atoms with Gasteiger partial charge in [0.05, 0.1) is 18.6 Å². The number of carboxylic acid groups (broad SMARTS) is 2. The molecule has 0 saturated heterocycles. The molecule has 48 heavy (non-hydrogen) atoms. The Bertz CT molecular complexity index is 1520. The monoisotopic (exact) mass is 646 g/mol. The van der Waals surface area contributed by atoms with Gasteiger partial charge in [0.2, 0.25) is 0 Å². The molecule has 8 heteroatoms. The van der Waals surface area contributed by atoms with E-state index in [0.29, 0.717) is 25.2 Å². The molecular formula is C40H42N2O6. The average molecular weight is 647 g/mol. The molecule has 0 bridgehead atoms. The van der Waals surface area contributed by atoms with E-state index < -0.39 is 24.1 Å². The maximum Gasteiger partial charge on any atom is 0.328 e. The average Bonchev–Trinajstić information content (AvgIpc) is 3.12. The van der Waals surface area contributed by atoms with Gasteiger partial charge in [0.25, 0.3) is 0 Å². The van der Waals surface area contributed by atoms with E-state index in [1.165, 1.54) is 0 Å². The van der Waals surface area contributed by atoms with Crippen LogP contribution in [0.2, 0.25) is 0 Å². The molecule has 4 unspecified atom stereocenters. The molecular weight excluding hydrogens is 604 g/mol. The second kappa shape index (κ2) is 22.9. The summed E-state index contributed by atoms with van der Waals surface area (Å²) in [6, 6.07) is 39.3. The van der Waals surface area contributed by atoms with Crippen LogP contribution in [0, 0.1) is 23.7 Å². The maximum absolute atomic E-state index is 10.2. The molecule has 0 radical (unpaired) electrons. The highest BCUT2D eigenvalue weighted by Crippen LogP contribution is 2.16. The van der Waals surface area contributed by atoms with Gasteiger partial charge in [-0.25, -0.2) is 4.79 Å². The van der Waals surface area contributed by atoms with E-state index >= 15 is 0 Å². The highest BCUT2D eigenvalue weighted by atomic mass is 16.4. The molecule has 0 amide bonds. The fourth-order valence-electron chi connectivity index (χ4n) is 4.07. The molecule has 0 fully saturated rings. The largest absolute Gasteiger partial charge is 0.545 e. The summed E-state index contributed by atoms with van der Waals surface area (Å²) < 4.78 is 0. The Morgan fingerprint density at radius 1 is 0.708 bits per heavy atom. The number of rotatable bonds is 10. The number of aliphatic hydroxyl groups is 2. The van der Waals surface area contributed by atoms with Crippen molar-refractivity contribution in [1.82, 2.24) is 5.32 Å². The summed E-state index contributed by atoms with van der Waals surface area (Å²) in [4.78, 5) is 19.0. The zero-order valence-corrected chi connectivity index (χ0v) is 27.1. The maximum atomic E-state index is 10.2. The van der Waals surface area contributed by atoms with E-state index in [0.717, 1.165) is 22.3 Å². The molecule has 4 rings (SSSR count). The summed E-state index contributed by atoms with van der Waals surface area (Å²) >= 11 is 0. The summed E-state index contributed by atoms with van der Waals surface area (Å²) in [5.41, 5.74) is 3.90. The van der Waals surface area contributed by atoms with Crippen LogP contribution < -0.4 is 15.7 Å². The van der Waals surface area contributed by atoms with Gasteiger partial charge in [0, 0.05) is 23.2 Å². The summed E-state index contributed by atoms with van der Waals surface area (Å²) in [7, 11) is 0. The van der Waals surface area contributed by atoms with Gasteiger partial charge in [0.1, 0.15) is 18.7 Å². The molecule has 4 atom stereocenters. The minimum absolute atomic E-state index is 0.0394. The first-order chi connectivity index (χ1) is 23.2. The lowest BCUT2D eigenvalue weighted by atomic mass is 10.0.